The molecule has 3 aromatic rings. The van der Waals surface area contributed by atoms with E-state index in [9.17, 15) is 0 Å². The second-order valence-corrected chi connectivity index (χ2v) is 5.65. The summed E-state index contributed by atoms with van der Waals surface area (Å²) in [5.74, 6) is 1.85. The summed E-state index contributed by atoms with van der Waals surface area (Å²) in [4.78, 5) is 13.0. The lowest BCUT2D eigenvalue weighted by molar-refractivity contribution is 0.417. The minimum absolute atomic E-state index is 0. The van der Waals surface area contributed by atoms with Crippen LogP contribution in [0.2, 0.25) is 0 Å². The Labute approximate surface area is 144 Å². The van der Waals surface area contributed by atoms with Gasteiger partial charge in [0.05, 0.1) is 0 Å². The SMILES string of the molecule is CNC(C)Cc1noc(-c2csc(Nc3ccccn3)n2)n1.Cl. The van der Waals surface area contributed by atoms with Gasteiger partial charge in [-0.15, -0.1) is 23.7 Å². The lowest BCUT2D eigenvalue weighted by Crippen LogP contribution is -2.24. The summed E-state index contributed by atoms with van der Waals surface area (Å²) in [6.07, 6.45) is 2.44. The van der Waals surface area contributed by atoms with E-state index >= 15 is 0 Å². The summed E-state index contributed by atoms with van der Waals surface area (Å²) in [7, 11) is 1.90. The van der Waals surface area contributed by atoms with Crippen molar-refractivity contribution < 1.29 is 4.52 Å². The third kappa shape index (κ3) is 4.47. The van der Waals surface area contributed by atoms with Crippen molar-refractivity contribution in [3.63, 3.8) is 0 Å². The summed E-state index contributed by atoms with van der Waals surface area (Å²) in [5, 5.41) is 12.9. The number of hydrogen-bond donors (Lipinski definition) is 2. The molecule has 0 spiro atoms. The van der Waals surface area contributed by atoms with Crippen LogP contribution < -0.4 is 10.6 Å². The smallest absolute Gasteiger partial charge is 0.277 e. The molecule has 3 heterocycles. The molecule has 0 aliphatic carbocycles. The first-order chi connectivity index (χ1) is 10.7. The Bertz CT molecular complexity index is 732. The van der Waals surface area contributed by atoms with E-state index in [1.54, 1.807) is 6.20 Å². The van der Waals surface area contributed by atoms with Gasteiger partial charge in [0.15, 0.2) is 11.0 Å². The van der Waals surface area contributed by atoms with Gasteiger partial charge in [-0.05, 0) is 26.1 Å². The molecular weight excluding hydrogens is 336 g/mol. The van der Waals surface area contributed by atoms with E-state index in [1.807, 2.05) is 30.6 Å². The molecule has 2 N–H and O–H groups in total. The van der Waals surface area contributed by atoms with Crippen LogP contribution in [0.1, 0.15) is 12.7 Å². The summed E-state index contributed by atoms with van der Waals surface area (Å²) in [5.41, 5.74) is 0.666. The number of nitrogens with zero attached hydrogens (tertiary/aromatic N) is 4. The van der Waals surface area contributed by atoms with Crippen molar-refractivity contribution in [1.29, 1.82) is 0 Å². The zero-order valence-electron chi connectivity index (χ0n) is 12.7. The van der Waals surface area contributed by atoms with E-state index in [4.69, 9.17) is 4.52 Å². The number of thiazole rings is 1. The van der Waals surface area contributed by atoms with Crippen molar-refractivity contribution in [3.05, 3.63) is 35.6 Å². The van der Waals surface area contributed by atoms with Crippen LogP contribution in [0.4, 0.5) is 10.9 Å². The molecule has 0 amide bonds. The first-order valence-electron chi connectivity index (χ1n) is 6.88. The number of likely N-dealkylation sites (N-methyl/N-ethyl adjacent to an activating group) is 1. The Morgan fingerprint density at radius 3 is 2.91 bits per heavy atom. The van der Waals surface area contributed by atoms with E-state index in [0.717, 1.165) is 10.9 Å². The molecule has 122 valence electrons. The first-order valence-corrected chi connectivity index (χ1v) is 7.76. The highest BCUT2D eigenvalue weighted by atomic mass is 35.5. The zero-order chi connectivity index (χ0) is 15.4. The van der Waals surface area contributed by atoms with Crippen molar-refractivity contribution in [2.75, 3.05) is 12.4 Å². The number of anilines is 2. The van der Waals surface area contributed by atoms with Crippen LogP contribution >= 0.6 is 23.7 Å². The fourth-order valence-electron chi connectivity index (χ4n) is 1.79. The molecule has 0 saturated heterocycles. The summed E-state index contributed by atoms with van der Waals surface area (Å²) >= 11 is 1.46. The van der Waals surface area contributed by atoms with Crippen LogP contribution in [0, 0.1) is 0 Å². The average molecular weight is 353 g/mol. The highest BCUT2D eigenvalue weighted by Crippen LogP contribution is 2.25. The Morgan fingerprint density at radius 2 is 2.17 bits per heavy atom. The van der Waals surface area contributed by atoms with Crippen LogP contribution in [0.15, 0.2) is 34.3 Å². The van der Waals surface area contributed by atoms with Gasteiger partial charge in [0, 0.05) is 24.0 Å². The molecule has 7 nitrogen and oxygen atoms in total. The van der Waals surface area contributed by atoms with E-state index in [-0.39, 0.29) is 12.4 Å². The van der Waals surface area contributed by atoms with Gasteiger partial charge < -0.3 is 15.2 Å². The standard InChI is InChI=1S/C14H16N6OS.ClH/c1-9(15-2)7-12-18-13(21-20-12)10-8-22-14(17-10)19-11-5-3-4-6-16-11;/h3-6,8-9,15H,7H2,1-2H3,(H,16,17,19);1H. The maximum absolute atomic E-state index is 5.27. The quantitative estimate of drug-likeness (QED) is 0.705. The molecule has 0 aromatic carbocycles. The van der Waals surface area contributed by atoms with Gasteiger partial charge in [-0.2, -0.15) is 4.98 Å². The van der Waals surface area contributed by atoms with Gasteiger partial charge in [0.25, 0.3) is 5.89 Å². The maximum atomic E-state index is 5.27. The number of hydrogen-bond acceptors (Lipinski definition) is 8. The monoisotopic (exact) mass is 352 g/mol. The van der Waals surface area contributed by atoms with Crippen LogP contribution in [0.25, 0.3) is 11.6 Å². The van der Waals surface area contributed by atoms with Crippen LogP contribution in [0.5, 0.6) is 0 Å². The van der Waals surface area contributed by atoms with E-state index < -0.39 is 0 Å². The molecule has 0 aliphatic heterocycles. The largest absolute Gasteiger partial charge is 0.332 e. The molecule has 1 atom stereocenters. The third-order valence-electron chi connectivity index (χ3n) is 3.07. The van der Waals surface area contributed by atoms with E-state index in [2.05, 4.69) is 37.7 Å². The third-order valence-corrected chi connectivity index (χ3v) is 3.83. The molecule has 0 saturated carbocycles. The summed E-state index contributed by atoms with van der Waals surface area (Å²) < 4.78 is 5.27. The maximum Gasteiger partial charge on any atom is 0.277 e. The molecule has 0 bridgehead atoms. The molecular formula is C14H17ClN6OS. The van der Waals surface area contributed by atoms with Crippen LogP contribution in [-0.4, -0.2) is 33.2 Å². The fourth-order valence-corrected chi connectivity index (χ4v) is 2.48. The molecule has 0 fully saturated rings. The van der Waals surface area contributed by atoms with Crippen LogP contribution in [0.3, 0.4) is 0 Å². The van der Waals surface area contributed by atoms with Gasteiger partial charge in [0.1, 0.15) is 11.5 Å². The zero-order valence-corrected chi connectivity index (χ0v) is 14.3. The van der Waals surface area contributed by atoms with Crippen molar-refractivity contribution in [3.8, 4) is 11.6 Å². The fraction of sp³-hybridized carbons (Fsp3) is 0.286. The Morgan fingerprint density at radius 1 is 1.30 bits per heavy atom. The minimum Gasteiger partial charge on any atom is -0.332 e. The topological polar surface area (TPSA) is 88.8 Å². The van der Waals surface area contributed by atoms with Gasteiger partial charge in [-0.25, -0.2) is 9.97 Å². The number of rotatable bonds is 6. The summed E-state index contributed by atoms with van der Waals surface area (Å²) in [6, 6.07) is 5.95. The Kier molecular flexibility index (Phi) is 6.03. The van der Waals surface area contributed by atoms with Crippen molar-refractivity contribution in [1.82, 2.24) is 25.4 Å². The second-order valence-electron chi connectivity index (χ2n) is 4.79. The molecule has 1 unspecified atom stereocenters. The van der Waals surface area contributed by atoms with Crippen molar-refractivity contribution in [2.45, 2.75) is 19.4 Å². The second kappa shape index (κ2) is 8.00. The average Bonchev–Trinajstić information content (AvgIpc) is 3.17. The highest BCUT2D eigenvalue weighted by molar-refractivity contribution is 7.14. The summed E-state index contributed by atoms with van der Waals surface area (Å²) in [6.45, 7) is 2.06. The molecule has 3 aromatic heterocycles. The van der Waals surface area contributed by atoms with Crippen molar-refractivity contribution >= 4 is 34.7 Å². The van der Waals surface area contributed by atoms with E-state index in [0.29, 0.717) is 29.9 Å². The highest BCUT2D eigenvalue weighted by Gasteiger charge is 2.14. The normalized spacial score (nSPS) is 11.7. The van der Waals surface area contributed by atoms with Gasteiger partial charge >= 0.3 is 0 Å². The number of pyridine rings is 1. The van der Waals surface area contributed by atoms with Gasteiger partial charge in [0.2, 0.25) is 0 Å². The minimum atomic E-state index is 0. The molecule has 0 aliphatic rings. The Hall–Kier alpha value is -2.03. The van der Waals surface area contributed by atoms with Crippen molar-refractivity contribution in [2.24, 2.45) is 0 Å². The molecule has 0 radical (unpaired) electrons. The first kappa shape index (κ1) is 17.3. The predicted molar refractivity (Wildman–Crippen MR) is 92.4 cm³/mol. The number of nitrogens with one attached hydrogen (secondary N) is 2. The molecule has 23 heavy (non-hydrogen) atoms. The van der Waals surface area contributed by atoms with Gasteiger partial charge in [-0.3, -0.25) is 0 Å². The molecule has 9 heteroatoms. The number of aromatic nitrogens is 4. The lowest BCUT2D eigenvalue weighted by atomic mass is 10.2. The molecule has 3 rings (SSSR count). The predicted octanol–water partition coefficient (Wildman–Crippen LogP) is 2.90. The number of halogens is 1. The Balaban J connectivity index is 0.00000192. The lowest BCUT2D eigenvalue weighted by Gasteiger charge is -2.04. The van der Waals surface area contributed by atoms with Crippen LogP contribution in [-0.2, 0) is 6.42 Å². The van der Waals surface area contributed by atoms with E-state index in [1.165, 1.54) is 11.3 Å². The van der Waals surface area contributed by atoms with Gasteiger partial charge in [-0.1, -0.05) is 11.2 Å².